The number of aliphatic hydroxyl groups is 2. The van der Waals surface area contributed by atoms with Crippen molar-refractivity contribution >= 4 is 69.4 Å². The molecular formula is C70H78N8O16. The van der Waals surface area contributed by atoms with Crippen molar-refractivity contribution < 1.29 is 72.6 Å². The number of aliphatic carboxylic acids is 1. The summed E-state index contributed by atoms with van der Waals surface area (Å²) in [4.78, 5) is 120. The molecule has 7 N–H and O–H groups in total. The van der Waals surface area contributed by atoms with Crippen molar-refractivity contribution in [3.05, 3.63) is 152 Å². The maximum absolute atomic E-state index is 14.1. The Hall–Kier alpha value is -9.81. The zero-order valence-electron chi connectivity index (χ0n) is 52.8. The van der Waals surface area contributed by atoms with Crippen LogP contribution in [0.5, 0.6) is 11.5 Å². The minimum atomic E-state index is -1.93. The number of pyridine rings is 2. The van der Waals surface area contributed by atoms with E-state index >= 15 is 0 Å². The van der Waals surface area contributed by atoms with Crippen LogP contribution in [0, 0.1) is 12.8 Å². The molecule has 7 aromatic rings. The molecule has 0 radical (unpaired) electrons. The topological polar surface area (TPSA) is 320 Å². The first-order valence-electron chi connectivity index (χ1n) is 32.1. The molecule has 4 amide bonds. The number of nitrogens with zero attached hydrogens (tertiary/aromatic N) is 4. The Kier molecular flexibility index (Phi) is 20.3. The third kappa shape index (κ3) is 13.8. The minimum absolute atomic E-state index is 0.0158. The van der Waals surface area contributed by atoms with Gasteiger partial charge in [-0.2, -0.15) is 0 Å². The Morgan fingerprint density at radius 2 is 1.60 bits per heavy atom. The number of alkyl carbamates (subject to hydrolysis) is 1. The summed E-state index contributed by atoms with van der Waals surface area (Å²) in [6.45, 7) is 4.43. The minimum Gasteiger partial charge on any atom is -0.493 e. The zero-order valence-corrected chi connectivity index (χ0v) is 52.8. The molecule has 24 heteroatoms. The van der Waals surface area contributed by atoms with Crippen LogP contribution in [0.15, 0.2) is 102 Å². The third-order valence-electron chi connectivity index (χ3n) is 18.4. The number of nitrogens with one attached hydrogen (secondary N) is 4. The molecule has 5 atom stereocenters. The van der Waals surface area contributed by atoms with Crippen LogP contribution < -0.4 is 35.9 Å². The molecule has 4 aromatic carbocycles. The molecule has 0 saturated carbocycles. The van der Waals surface area contributed by atoms with Crippen molar-refractivity contribution in [2.45, 2.75) is 128 Å². The SMILES string of the molecule is CC[C@]1(OC(=O)NCCCC[C@H](CC(=O)CCCc2ccc(N(CCO)CCO)cc2)C(=O)NCCCC[C@H](NC(=O)Oc2c(C)cc([C@H]3c4[nH]c5ccccc5c4CC4COC(=O)N43)cc2OC)C(=O)O)C(=O)OCc2c1cc1n(c2=O)Cc2cc3ccccc3nc2-1. The first-order chi connectivity index (χ1) is 45.5. The number of unbranched alkanes of at least 4 members (excludes halogenated alkanes) is 2. The lowest BCUT2D eigenvalue weighted by molar-refractivity contribution is -0.172. The van der Waals surface area contributed by atoms with Crippen molar-refractivity contribution in [3.63, 3.8) is 0 Å². The van der Waals surface area contributed by atoms with E-state index in [9.17, 15) is 53.7 Å². The van der Waals surface area contributed by atoms with Gasteiger partial charge in [-0.3, -0.25) is 19.3 Å². The monoisotopic (exact) mass is 1290 g/mol. The molecule has 1 fully saturated rings. The number of aromatic amines is 1. The van der Waals surface area contributed by atoms with E-state index in [1.165, 1.54) is 7.11 Å². The van der Waals surface area contributed by atoms with Gasteiger partial charge >= 0.3 is 30.2 Å². The maximum Gasteiger partial charge on any atom is 0.413 e. The second-order valence-corrected chi connectivity index (χ2v) is 24.4. The van der Waals surface area contributed by atoms with E-state index in [0.29, 0.717) is 74.1 Å². The number of rotatable bonds is 29. The van der Waals surface area contributed by atoms with Crippen molar-refractivity contribution in [2.24, 2.45) is 5.92 Å². The van der Waals surface area contributed by atoms with Gasteiger partial charge in [0.25, 0.3) is 5.56 Å². The summed E-state index contributed by atoms with van der Waals surface area (Å²) in [5.41, 5.74) is 6.68. The van der Waals surface area contributed by atoms with Crippen molar-refractivity contribution in [1.29, 1.82) is 0 Å². The fourth-order valence-corrected chi connectivity index (χ4v) is 13.5. The van der Waals surface area contributed by atoms with Gasteiger partial charge in [0.1, 0.15) is 31.1 Å². The number of anilines is 1. The number of carbonyl (C=O) groups is 7. The Bertz CT molecular complexity index is 4090. The standard InChI is InChI=1S/C70H78N8O16/c1-4-70(53-37-57-59-46(33-43-15-5-7-19-54(43)73-59)38-77(57)64(83)52(53)40-91-66(70)86)94-67(87)72-27-11-9-16-44(34-49(81)17-13-14-42-22-24-47(25-23-42)76(28-30-79)29-31-80)63(82)71-26-12-10-21-56(65(84)85)75-68(88)93-62-41(2)32-45(35-58(62)90-3)61-60-51(36-48-39-92-69(89)78(48)61)50-18-6-8-20-55(50)74-60/h5-8,15,18-20,22-25,32-33,35,37,44,48,56,61,74,79-80H,4,9-14,16-17,21,26-31,34,36,38-40H2,1-3H3,(H,71,82)(H,72,87)(H,75,88)(H,84,85)/t44-,48?,56+,61+,70-/m1/s1. The molecule has 494 valence electrons. The third-order valence-corrected chi connectivity index (χ3v) is 18.4. The Morgan fingerprint density at radius 1 is 0.851 bits per heavy atom. The lowest BCUT2D eigenvalue weighted by Gasteiger charge is -2.36. The number of methoxy groups -OCH3 is 1. The van der Waals surface area contributed by atoms with E-state index in [-0.39, 0.29) is 131 Å². The average Bonchev–Trinajstić information content (AvgIpc) is 1.49. The smallest absolute Gasteiger partial charge is 0.413 e. The molecule has 0 bridgehead atoms. The van der Waals surface area contributed by atoms with Crippen LogP contribution in [0.3, 0.4) is 0 Å². The highest BCUT2D eigenvalue weighted by Gasteiger charge is 2.51. The summed E-state index contributed by atoms with van der Waals surface area (Å²) in [5.74, 6) is -3.12. The molecule has 4 aliphatic rings. The molecule has 11 rings (SSSR count). The predicted molar refractivity (Wildman–Crippen MR) is 346 cm³/mol. The van der Waals surface area contributed by atoms with Crippen molar-refractivity contribution in [1.82, 2.24) is 35.4 Å². The Morgan fingerprint density at radius 3 is 2.35 bits per heavy atom. The predicted octanol–water partition coefficient (Wildman–Crippen LogP) is 8.17. The number of carbonyl (C=O) groups excluding carboxylic acids is 6. The normalized spacial score (nSPS) is 17.4. The number of hydrogen-bond donors (Lipinski definition) is 7. The van der Waals surface area contributed by atoms with Crippen LogP contribution in [0.25, 0.3) is 33.2 Å². The van der Waals surface area contributed by atoms with Crippen molar-refractivity contribution in [3.8, 4) is 22.9 Å². The zero-order chi connectivity index (χ0) is 66.2. The number of ether oxygens (including phenoxy) is 5. The van der Waals surface area contributed by atoms with E-state index in [1.54, 1.807) is 41.5 Å². The molecule has 3 aromatic heterocycles. The van der Waals surface area contributed by atoms with E-state index in [1.807, 2.05) is 83.8 Å². The number of aryl methyl sites for hydroxylation is 2. The summed E-state index contributed by atoms with van der Waals surface area (Å²) >= 11 is 0. The number of H-pyrrole nitrogens is 1. The molecule has 0 spiro atoms. The van der Waals surface area contributed by atoms with E-state index in [2.05, 4.69) is 20.9 Å². The number of hydrogen-bond acceptors (Lipinski definition) is 17. The number of benzene rings is 4. The van der Waals surface area contributed by atoms with Gasteiger partial charge in [0.2, 0.25) is 11.5 Å². The number of amides is 4. The number of Topliss-reactive ketones (excluding diaryl/α,β-unsaturated/α-hetero) is 1. The van der Waals surface area contributed by atoms with E-state index < -0.39 is 53.8 Å². The number of fused-ring (bicyclic) bond motifs is 9. The van der Waals surface area contributed by atoms with Crippen LogP contribution in [0.4, 0.5) is 20.1 Å². The van der Waals surface area contributed by atoms with Gasteiger partial charge in [-0.15, -0.1) is 0 Å². The highest BCUT2D eigenvalue weighted by atomic mass is 16.6. The molecule has 94 heavy (non-hydrogen) atoms. The molecule has 24 nitrogen and oxygen atoms in total. The van der Waals surface area contributed by atoms with Gasteiger partial charge in [0, 0.05) is 83.7 Å². The fraction of sp³-hybridized carbons (Fsp3) is 0.414. The number of aromatic nitrogens is 3. The molecular weight excluding hydrogens is 1210 g/mol. The number of cyclic esters (lactones) is 2. The van der Waals surface area contributed by atoms with Crippen LogP contribution in [0.2, 0.25) is 0 Å². The number of aliphatic hydroxyl groups excluding tert-OH is 2. The Balaban J connectivity index is 0.691. The number of para-hydroxylation sites is 2. The number of carboxylic acid groups (broad SMARTS) is 1. The van der Waals surface area contributed by atoms with Crippen LogP contribution in [-0.2, 0) is 65.0 Å². The molecule has 4 aliphatic heterocycles. The molecule has 0 aliphatic carbocycles. The van der Waals surface area contributed by atoms with Crippen molar-refractivity contribution in [2.75, 3.05) is 58.0 Å². The maximum atomic E-state index is 14.1. The first kappa shape index (κ1) is 65.7. The summed E-state index contributed by atoms with van der Waals surface area (Å²) in [6, 6.07) is 28.3. The lowest BCUT2D eigenvalue weighted by atomic mass is 9.85. The summed E-state index contributed by atoms with van der Waals surface area (Å²) in [6.07, 6.45) is 1.03. The fourth-order valence-electron chi connectivity index (χ4n) is 13.5. The first-order valence-corrected chi connectivity index (χ1v) is 32.1. The Labute approximate surface area is 541 Å². The molecule has 7 heterocycles. The van der Waals surface area contributed by atoms with Gasteiger partial charge < -0.3 is 69.4 Å². The van der Waals surface area contributed by atoms with Gasteiger partial charge in [-0.25, -0.2) is 29.0 Å². The van der Waals surface area contributed by atoms with Gasteiger partial charge in [0.05, 0.1) is 55.4 Å². The number of ketones is 1. The number of carboxylic acids is 1. The lowest BCUT2D eigenvalue weighted by Crippen LogP contribution is -2.49. The van der Waals surface area contributed by atoms with E-state index in [4.69, 9.17) is 28.7 Å². The number of esters is 1. The van der Waals surface area contributed by atoms with Gasteiger partial charge in [-0.1, -0.05) is 61.9 Å². The second-order valence-electron chi connectivity index (χ2n) is 24.4. The van der Waals surface area contributed by atoms with Crippen LogP contribution >= 0.6 is 0 Å². The van der Waals surface area contributed by atoms with Gasteiger partial charge in [-0.05, 0) is 135 Å². The molecule has 1 saturated heterocycles. The van der Waals surface area contributed by atoms with Crippen LogP contribution in [0.1, 0.15) is 122 Å². The average molecular weight is 1290 g/mol. The summed E-state index contributed by atoms with van der Waals surface area (Å²) < 4.78 is 30.1. The van der Waals surface area contributed by atoms with E-state index in [0.717, 1.165) is 49.9 Å². The molecule has 1 unspecified atom stereocenters. The highest BCUT2D eigenvalue weighted by Crippen LogP contribution is 2.46. The summed E-state index contributed by atoms with van der Waals surface area (Å²) in [7, 11) is 1.42. The quantitative estimate of drug-likeness (QED) is 0.0132. The highest BCUT2D eigenvalue weighted by molar-refractivity contribution is 5.90. The van der Waals surface area contributed by atoms with Gasteiger partial charge in [0.15, 0.2) is 11.5 Å². The largest absolute Gasteiger partial charge is 0.493 e. The summed E-state index contributed by atoms with van der Waals surface area (Å²) in [5, 5.41) is 39.2. The van der Waals surface area contributed by atoms with Crippen LogP contribution in [-0.4, -0.2) is 142 Å². The second kappa shape index (κ2) is 29.0.